The van der Waals surface area contributed by atoms with Crippen LogP contribution in [-0.4, -0.2) is 37.0 Å². The monoisotopic (exact) mass is 441 g/mol. The summed E-state index contributed by atoms with van der Waals surface area (Å²) in [5.41, 5.74) is 5.55. The van der Waals surface area contributed by atoms with E-state index in [0.29, 0.717) is 23.8 Å². The number of anilines is 1. The van der Waals surface area contributed by atoms with Gasteiger partial charge in [-0.05, 0) is 49.7 Å². The van der Waals surface area contributed by atoms with Crippen molar-refractivity contribution in [2.75, 3.05) is 18.0 Å². The zero-order chi connectivity index (χ0) is 21.0. The normalized spacial score (nSPS) is 15.1. The summed E-state index contributed by atoms with van der Waals surface area (Å²) < 4.78 is 32.3. The summed E-state index contributed by atoms with van der Waals surface area (Å²) in [5.74, 6) is 0. The smallest absolute Gasteiger partial charge is 0.297 e. The number of aryl methyl sites for hydroxylation is 2. The molecule has 6 nitrogen and oxygen atoms in total. The highest BCUT2D eigenvalue weighted by molar-refractivity contribution is 7.86. The van der Waals surface area contributed by atoms with E-state index in [-0.39, 0.29) is 4.90 Å². The highest BCUT2D eigenvalue weighted by Gasteiger charge is 2.34. The molecule has 154 valence electrons. The first-order valence-corrected chi connectivity index (χ1v) is 11.4. The zero-order valence-electron chi connectivity index (χ0n) is 16.5. The number of rotatable bonds is 4. The summed E-state index contributed by atoms with van der Waals surface area (Å²) in [5, 5.41) is 0.547. The highest BCUT2D eigenvalue weighted by atomic mass is 35.5. The summed E-state index contributed by atoms with van der Waals surface area (Å²) in [4.78, 5) is 6.83. The molecular formula is C22H20ClN3O3S. The van der Waals surface area contributed by atoms with E-state index in [1.165, 1.54) is 0 Å². The van der Waals surface area contributed by atoms with Crippen LogP contribution in [0.5, 0.6) is 0 Å². The van der Waals surface area contributed by atoms with Crippen molar-refractivity contribution in [1.29, 1.82) is 0 Å². The second-order valence-electron chi connectivity index (χ2n) is 7.70. The van der Waals surface area contributed by atoms with Crippen LogP contribution in [0.2, 0.25) is 5.02 Å². The first-order valence-electron chi connectivity index (χ1n) is 9.64. The summed E-state index contributed by atoms with van der Waals surface area (Å²) in [6.07, 6.45) is 1.53. The molecule has 2 aromatic heterocycles. The molecule has 2 aromatic carbocycles. The second kappa shape index (κ2) is 6.97. The topological polar surface area (TPSA) is 63.9 Å². The fourth-order valence-electron chi connectivity index (χ4n) is 3.72. The molecule has 1 aliphatic heterocycles. The van der Waals surface area contributed by atoms with Crippen molar-refractivity contribution in [3.05, 3.63) is 70.9 Å². The number of pyridine rings is 1. The molecule has 30 heavy (non-hydrogen) atoms. The van der Waals surface area contributed by atoms with Gasteiger partial charge in [0.25, 0.3) is 10.1 Å². The van der Waals surface area contributed by atoms with Crippen molar-refractivity contribution in [2.24, 2.45) is 0 Å². The van der Waals surface area contributed by atoms with E-state index in [4.69, 9.17) is 15.8 Å². The van der Waals surface area contributed by atoms with Crippen LogP contribution in [-0.2, 0) is 14.3 Å². The van der Waals surface area contributed by atoms with Gasteiger partial charge in [0.15, 0.2) is 5.65 Å². The average molecular weight is 442 g/mol. The first kappa shape index (κ1) is 19.4. The van der Waals surface area contributed by atoms with E-state index in [0.717, 1.165) is 27.8 Å². The number of aromatic nitrogens is 2. The SMILES string of the molecule is Cc1ccc(S(=O)(=O)OC2CN(c3ccn4c(nc5ccc(C)cc54)c3Cl)C2)cc1. The fraction of sp³-hybridized carbons (Fsp3) is 0.227. The third kappa shape index (κ3) is 3.23. The van der Waals surface area contributed by atoms with Gasteiger partial charge in [0.2, 0.25) is 0 Å². The minimum atomic E-state index is -3.79. The molecule has 1 aliphatic rings. The molecule has 4 aromatic rings. The van der Waals surface area contributed by atoms with Gasteiger partial charge in [-0.3, -0.25) is 8.58 Å². The molecular weight excluding hydrogens is 422 g/mol. The molecule has 0 spiro atoms. The Bertz CT molecular complexity index is 1370. The lowest BCUT2D eigenvalue weighted by Crippen LogP contribution is -2.53. The molecule has 0 unspecified atom stereocenters. The van der Waals surface area contributed by atoms with Crippen molar-refractivity contribution in [2.45, 2.75) is 24.8 Å². The van der Waals surface area contributed by atoms with Crippen LogP contribution in [0.3, 0.4) is 0 Å². The Morgan fingerprint density at radius 2 is 1.73 bits per heavy atom. The average Bonchev–Trinajstić information content (AvgIpc) is 3.04. The van der Waals surface area contributed by atoms with Crippen molar-refractivity contribution in [3.63, 3.8) is 0 Å². The largest absolute Gasteiger partial charge is 0.365 e. The van der Waals surface area contributed by atoms with E-state index >= 15 is 0 Å². The zero-order valence-corrected chi connectivity index (χ0v) is 18.1. The lowest BCUT2D eigenvalue weighted by molar-refractivity contribution is 0.175. The van der Waals surface area contributed by atoms with Crippen LogP contribution in [0.1, 0.15) is 11.1 Å². The fourth-order valence-corrected chi connectivity index (χ4v) is 5.10. The minimum Gasteiger partial charge on any atom is -0.365 e. The van der Waals surface area contributed by atoms with Gasteiger partial charge in [-0.15, -0.1) is 0 Å². The molecule has 0 bridgehead atoms. The van der Waals surface area contributed by atoms with Crippen molar-refractivity contribution in [1.82, 2.24) is 9.38 Å². The predicted octanol–water partition coefficient (Wildman–Crippen LogP) is 4.35. The molecule has 0 atom stereocenters. The molecule has 0 aliphatic carbocycles. The van der Waals surface area contributed by atoms with Crippen LogP contribution in [0, 0.1) is 13.8 Å². The lowest BCUT2D eigenvalue weighted by Gasteiger charge is -2.40. The molecule has 3 heterocycles. The minimum absolute atomic E-state index is 0.172. The third-order valence-corrected chi connectivity index (χ3v) is 7.15. The second-order valence-corrected chi connectivity index (χ2v) is 9.65. The van der Waals surface area contributed by atoms with Crippen LogP contribution in [0.4, 0.5) is 5.69 Å². The number of fused-ring (bicyclic) bond motifs is 3. The van der Waals surface area contributed by atoms with Crippen molar-refractivity contribution >= 4 is 44.1 Å². The van der Waals surface area contributed by atoms with Gasteiger partial charge >= 0.3 is 0 Å². The van der Waals surface area contributed by atoms with Crippen LogP contribution in [0.15, 0.2) is 59.6 Å². The number of hydrogen-bond donors (Lipinski definition) is 0. The van der Waals surface area contributed by atoms with Gasteiger partial charge in [-0.1, -0.05) is 35.4 Å². The molecule has 1 fully saturated rings. The third-order valence-electron chi connectivity index (χ3n) is 5.41. The maximum atomic E-state index is 12.5. The van der Waals surface area contributed by atoms with E-state index in [2.05, 4.69) is 11.1 Å². The molecule has 0 N–H and O–H groups in total. The van der Waals surface area contributed by atoms with Gasteiger partial charge in [-0.2, -0.15) is 8.42 Å². The van der Waals surface area contributed by atoms with E-state index < -0.39 is 16.2 Å². The maximum Gasteiger partial charge on any atom is 0.297 e. The molecule has 1 saturated heterocycles. The highest BCUT2D eigenvalue weighted by Crippen LogP contribution is 2.35. The Labute approximate surface area is 179 Å². The Morgan fingerprint density at radius 1 is 1.03 bits per heavy atom. The molecule has 0 radical (unpaired) electrons. The van der Waals surface area contributed by atoms with Crippen LogP contribution in [0.25, 0.3) is 16.7 Å². The van der Waals surface area contributed by atoms with Gasteiger partial charge in [-0.25, -0.2) is 4.98 Å². The molecule has 8 heteroatoms. The number of hydrogen-bond acceptors (Lipinski definition) is 5. The molecule has 5 rings (SSSR count). The number of halogens is 1. The maximum absolute atomic E-state index is 12.5. The standard InChI is InChI=1S/C22H20ClN3O3S/c1-14-3-6-17(7-4-14)30(27,28)29-16-12-25(13-16)19-9-10-26-20-11-15(2)5-8-18(20)24-22(26)21(19)23/h3-11,16H,12-13H2,1-2H3. The quantitative estimate of drug-likeness (QED) is 0.440. The predicted molar refractivity (Wildman–Crippen MR) is 118 cm³/mol. The summed E-state index contributed by atoms with van der Waals surface area (Å²) in [6.45, 7) is 4.84. The summed E-state index contributed by atoms with van der Waals surface area (Å²) in [6, 6.07) is 14.7. The summed E-state index contributed by atoms with van der Waals surface area (Å²) in [7, 11) is -3.79. The van der Waals surface area contributed by atoms with Crippen molar-refractivity contribution < 1.29 is 12.6 Å². The van der Waals surface area contributed by atoms with E-state index in [1.54, 1.807) is 24.3 Å². The van der Waals surface area contributed by atoms with Crippen LogP contribution < -0.4 is 4.90 Å². The Hall–Kier alpha value is -2.61. The van der Waals surface area contributed by atoms with Crippen LogP contribution >= 0.6 is 11.6 Å². The van der Waals surface area contributed by atoms with Gasteiger partial charge < -0.3 is 4.90 Å². The lowest BCUT2D eigenvalue weighted by atomic mass is 10.1. The first-order chi connectivity index (χ1) is 14.3. The molecule has 0 amide bonds. The van der Waals surface area contributed by atoms with Gasteiger partial charge in [0.1, 0.15) is 11.1 Å². The van der Waals surface area contributed by atoms with Crippen molar-refractivity contribution in [3.8, 4) is 0 Å². The Morgan fingerprint density at radius 3 is 2.47 bits per heavy atom. The summed E-state index contributed by atoms with van der Waals surface area (Å²) >= 11 is 6.67. The van der Waals surface area contributed by atoms with Gasteiger partial charge in [0, 0.05) is 19.3 Å². The Balaban J connectivity index is 1.36. The van der Waals surface area contributed by atoms with E-state index in [1.807, 2.05) is 47.5 Å². The van der Waals surface area contributed by atoms with Gasteiger partial charge in [0.05, 0.1) is 21.6 Å². The molecule has 0 saturated carbocycles. The van der Waals surface area contributed by atoms with E-state index in [9.17, 15) is 8.42 Å². The Kier molecular flexibility index (Phi) is 4.50. The number of imidazole rings is 1. The number of nitrogens with zero attached hydrogens (tertiary/aromatic N) is 3. The number of benzene rings is 2.